The van der Waals surface area contributed by atoms with E-state index in [-0.39, 0.29) is 24.7 Å². The van der Waals surface area contributed by atoms with E-state index in [1.807, 2.05) is 30.3 Å². The van der Waals surface area contributed by atoms with Gasteiger partial charge in [0.25, 0.3) is 0 Å². The molecule has 200 valence electrons. The van der Waals surface area contributed by atoms with Crippen LogP contribution in [0.15, 0.2) is 66.7 Å². The number of likely N-dealkylation sites (tertiary alicyclic amines) is 1. The summed E-state index contributed by atoms with van der Waals surface area (Å²) in [6.45, 7) is 2.24. The van der Waals surface area contributed by atoms with Crippen molar-refractivity contribution >= 4 is 58.2 Å². The molecule has 3 aromatic carbocycles. The number of likely N-dealkylation sites (N-methyl/N-ethyl adjacent to an activating group) is 1. The lowest BCUT2D eigenvalue weighted by Crippen LogP contribution is -2.63. The molecule has 9 heteroatoms. The van der Waals surface area contributed by atoms with Gasteiger partial charge in [-0.3, -0.25) is 14.5 Å². The first-order valence-corrected chi connectivity index (χ1v) is 13.9. The fourth-order valence-corrected chi connectivity index (χ4v) is 5.47. The third-order valence-corrected chi connectivity index (χ3v) is 8.36. The first-order chi connectivity index (χ1) is 18.2. The summed E-state index contributed by atoms with van der Waals surface area (Å²) in [7, 11) is 1.74. The highest BCUT2D eigenvalue weighted by atomic mass is 35.5. The second kappa shape index (κ2) is 12.7. The van der Waals surface area contributed by atoms with Gasteiger partial charge in [-0.1, -0.05) is 88.9 Å². The van der Waals surface area contributed by atoms with Crippen LogP contribution in [0.3, 0.4) is 0 Å². The van der Waals surface area contributed by atoms with Gasteiger partial charge in [0, 0.05) is 13.6 Å². The molecule has 1 atom stereocenters. The molecular weight excluding hydrogens is 564 g/mol. The summed E-state index contributed by atoms with van der Waals surface area (Å²) in [5.41, 5.74) is 1.18. The highest BCUT2D eigenvalue weighted by molar-refractivity contribution is 6.42. The summed E-state index contributed by atoms with van der Waals surface area (Å²) >= 11 is 24.5. The van der Waals surface area contributed by atoms with Crippen LogP contribution in [0.1, 0.15) is 29.5 Å². The number of carbonyl (C=O) groups is 2. The zero-order chi connectivity index (χ0) is 27.3. The van der Waals surface area contributed by atoms with E-state index in [4.69, 9.17) is 46.4 Å². The molecule has 1 aliphatic heterocycles. The third-order valence-electron chi connectivity index (χ3n) is 6.88. The molecule has 0 radical (unpaired) electrons. The zero-order valence-electron chi connectivity index (χ0n) is 21.0. The first kappa shape index (κ1) is 28.7. The van der Waals surface area contributed by atoms with Crippen LogP contribution in [0.2, 0.25) is 20.1 Å². The smallest absolute Gasteiger partial charge is 0.228 e. The molecule has 1 N–H and O–H groups in total. The lowest BCUT2D eigenvalue weighted by atomic mass is 9.95. The van der Waals surface area contributed by atoms with Gasteiger partial charge in [-0.05, 0) is 66.9 Å². The van der Waals surface area contributed by atoms with E-state index in [2.05, 4.69) is 10.2 Å². The Morgan fingerprint density at radius 2 is 1.37 bits per heavy atom. The van der Waals surface area contributed by atoms with Gasteiger partial charge in [0.1, 0.15) is 0 Å². The monoisotopic (exact) mass is 591 g/mol. The predicted molar refractivity (Wildman–Crippen MR) is 155 cm³/mol. The van der Waals surface area contributed by atoms with Crippen molar-refractivity contribution in [1.82, 2.24) is 15.1 Å². The molecule has 1 saturated heterocycles. The SMILES string of the molecule is CN(C(=O)Cc1ccc(Cl)c(Cl)c1)C(CN1CCCC1)(NC(=O)Cc1ccc(Cl)c(Cl)c1)c1ccccc1. The lowest BCUT2D eigenvalue weighted by molar-refractivity contribution is -0.141. The minimum Gasteiger partial charge on any atom is -0.328 e. The molecule has 0 spiro atoms. The highest BCUT2D eigenvalue weighted by Gasteiger charge is 2.42. The van der Waals surface area contributed by atoms with Gasteiger partial charge in [-0.25, -0.2) is 0 Å². The molecule has 0 aromatic heterocycles. The second-order valence-electron chi connectivity index (χ2n) is 9.56. The number of hydrogen-bond donors (Lipinski definition) is 1. The molecule has 1 aliphatic rings. The Kier molecular flexibility index (Phi) is 9.61. The van der Waals surface area contributed by atoms with Crippen molar-refractivity contribution in [3.05, 3.63) is 104 Å². The van der Waals surface area contributed by atoms with E-state index >= 15 is 0 Å². The maximum atomic E-state index is 13.8. The number of rotatable bonds is 9. The van der Waals surface area contributed by atoms with Crippen molar-refractivity contribution in [3.63, 3.8) is 0 Å². The van der Waals surface area contributed by atoms with Crippen molar-refractivity contribution in [2.24, 2.45) is 0 Å². The number of nitrogens with one attached hydrogen (secondary N) is 1. The van der Waals surface area contributed by atoms with Crippen molar-refractivity contribution in [1.29, 1.82) is 0 Å². The van der Waals surface area contributed by atoms with Crippen molar-refractivity contribution in [3.8, 4) is 0 Å². The van der Waals surface area contributed by atoms with Crippen LogP contribution in [-0.4, -0.2) is 48.3 Å². The number of hydrogen-bond acceptors (Lipinski definition) is 3. The maximum absolute atomic E-state index is 13.8. The molecule has 0 saturated carbocycles. The summed E-state index contributed by atoms with van der Waals surface area (Å²) in [5, 5.41) is 4.88. The summed E-state index contributed by atoms with van der Waals surface area (Å²) in [6.07, 6.45) is 2.33. The predicted octanol–water partition coefficient (Wildman–Crippen LogP) is 6.61. The largest absolute Gasteiger partial charge is 0.328 e. The van der Waals surface area contributed by atoms with Crippen LogP contribution in [-0.2, 0) is 28.1 Å². The minimum atomic E-state index is -1.10. The fraction of sp³-hybridized carbons (Fsp3) is 0.310. The molecule has 0 bridgehead atoms. The van der Waals surface area contributed by atoms with Crippen LogP contribution in [0.4, 0.5) is 0 Å². The number of carbonyl (C=O) groups excluding carboxylic acids is 2. The molecule has 1 unspecified atom stereocenters. The molecule has 0 aliphatic carbocycles. The number of amides is 2. The minimum absolute atomic E-state index is 0.0836. The average Bonchev–Trinajstić information content (AvgIpc) is 3.41. The van der Waals surface area contributed by atoms with E-state index in [1.54, 1.807) is 48.3 Å². The maximum Gasteiger partial charge on any atom is 0.228 e. The lowest BCUT2D eigenvalue weighted by Gasteiger charge is -2.45. The average molecular weight is 593 g/mol. The Labute approximate surface area is 243 Å². The molecule has 1 fully saturated rings. The molecule has 1 heterocycles. The Morgan fingerprint density at radius 1 is 0.816 bits per heavy atom. The van der Waals surface area contributed by atoms with Gasteiger partial charge < -0.3 is 10.2 Å². The van der Waals surface area contributed by atoms with E-state index in [0.29, 0.717) is 26.6 Å². The van der Waals surface area contributed by atoms with Gasteiger partial charge in [0.2, 0.25) is 11.8 Å². The number of benzene rings is 3. The number of halogens is 4. The molecule has 5 nitrogen and oxygen atoms in total. The normalized spacial score (nSPS) is 15.2. The van der Waals surface area contributed by atoms with E-state index in [0.717, 1.165) is 42.6 Å². The van der Waals surface area contributed by atoms with E-state index < -0.39 is 5.66 Å². The van der Waals surface area contributed by atoms with Crippen LogP contribution < -0.4 is 5.32 Å². The number of nitrogens with zero attached hydrogens (tertiary/aromatic N) is 2. The van der Waals surface area contributed by atoms with E-state index in [1.165, 1.54) is 0 Å². The quantitative estimate of drug-likeness (QED) is 0.284. The molecule has 2 amide bonds. The van der Waals surface area contributed by atoms with Gasteiger partial charge >= 0.3 is 0 Å². The van der Waals surface area contributed by atoms with Crippen LogP contribution in [0, 0.1) is 0 Å². The van der Waals surface area contributed by atoms with Crippen LogP contribution in [0.25, 0.3) is 0 Å². The van der Waals surface area contributed by atoms with Crippen molar-refractivity contribution in [2.45, 2.75) is 31.3 Å². The molecular formula is C29H29Cl4N3O2. The Balaban J connectivity index is 1.69. The zero-order valence-corrected chi connectivity index (χ0v) is 24.0. The molecule has 38 heavy (non-hydrogen) atoms. The summed E-state index contributed by atoms with van der Waals surface area (Å²) in [5.74, 6) is -0.401. The van der Waals surface area contributed by atoms with Gasteiger partial charge in [-0.15, -0.1) is 0 Å². The first-order valence-electron chi connectivity index (χ1n) is 12.4. The Morgan fingerprint density at radius 3 is 1.92 bits per heavy atom. The summed E-state index contributed by atoms with van der Waals surface area (Å²) in [6, 6.07) is 19.9. The van der Waals surface area contributed by atoms with Crippen LogP contribution in [0.5, 0.6) is 0 Å². The summed E-state index contributed by atoms with van der Waals surface area (Å²) < 4.78 is 0. The van der Waals surface area contributed by atoms with Gasteiger partial charge in [0.15, 0.2) is 5.66 Å². The summed E-state index contributed by atoms with van der Waals surface area (Å²) in [4.78, 5) is 31.3. The standard InChI is InChI=1S/C29H29Cl4N3O2/c1-35(28(38)18-21-10-12-24(31)26(33)16-21)29(19-36-13-5-6-14-36,22-7-3-2-4-8-22)34-27(37)17-20-9-11-23(30)25(32)15-20/h2-4,7-12,15-16H,5-6,13-14,17-19H2,1H3,(H,34,37). The van der Waals surface area contributed by atoms with Gasteiger partial charge in [0.05, 0.1) is 32.9 Å². The topological polar surface area (TPSA) is 52.7 Å². The Hall–Kier alpha value is -2.28. The van der Waals surface area contributed by atoms with Gasteiger partial charge in [-0.2, -0.15) is 0 Å². The highest BCUT2D eigenvalue weighted by Crippen LogP contribution is 2.30. The molecule has 3 aromatic rings. The van der Waals surface area contributed by atoms with Crippen LogP contribution >= 0.6 is 46.4 Å². The van der Waals surface area contributed by atoms with Crippen molar-refractivity contribution < 1.29 is 9.59 Å². The fourth-order valence-electron chi connectivity index (χ4n) is 4.83. The molecule has 4 rings (SSSR count). The second-order valence-corrected chi connectivity index (χ2v) is 11.2. The van der Waals surface area contributed by atoms with E-state index in [9.17, 15) is 9.59 Å². The third kappa shape index (κ3) is 6.83. The van der Waals surface area contributed by atoms with Crippen molar-refractivity contribution in [2.75, 3.05) is 26.7 Å². The Bertz CT molecular complexity index is 1300.